The molecule has 108 valence electrons. The third kappa shape index (κ3) is 1.69. The van der Waals surface area contributed by atoms with E-state index >= 15 is 0 Å². The van der Waals surface area contributed by atoms with Crippen LogP contribution in [0.3, 0.4) is 0 Å². The van der Waals surface area contributed by atoms with Gasteiger partial charge in [0.25, 0.3) is 11.8 Å². The highest BCUT2D eigenvalue weighted by Gasteiger charge is 2.35. The van der Waals surface area contributed by atoms with Crippen LogP contribution in [0.1, 0.15) is 20.7 Å². The molecule has 0 atom stereocenters. The number of hydrogen-bond donors (Lipinski definition) is 0. The second kappa shape index (κ2) is 4.75. The van der Waals surface area contributed by atoms with E-state index in [0.29, 0.717) is 33.4 Å². The van der Waals surface area contributed by atoms with Crippen LogP contribution in [0.4, 0.5) is 0 Å². The number of benzene rings is 2. The fourth-order valence-electron chi connectivity index (χ4n) is 2.62. The lowest BCUT2D eigenvalue weighted by Crippen LogP contribution is -2.39. The topological polar surface area (TPSA) is 65.1 Å². The number of imide groups is 1. The predicted octanol–water partition coefficient (Wildman–Crippen LogP) is 2.01. The van der Waals surface area contributed by atoms with Crippen molar-refractivity contribution in [2.24, 2.45) is 0 Å². The lowest BCUT2D eigenvalue weighted by Gasteiger charge is -2.26. The maximum absolute atomic E-state index is 12.4. The van der Waals surface area contributed by atoms with Crippen molar-refractivity contribution in [1.29, 1.82) is 0 Å². The quantitative estimate of drug-likeness (QED) is 0.808. The lowest BCUT2D eigenvalue weighted by atomic mass is 9.94. The molecule has 2 aromatic carbocycles. The van der Waals surface area contributed by atoms with Crippen LogP contribution < -0.4 is 9.47 Å². The molecule has 1 aliphatic heterocycles. The van der Waals surface area contributed by atoms with E-state index in [2.05, 4.69) is 0 Å². The van der Waals surface area contributed by atoms with Crippen molar-refractivity contribution in [2.45, 2.75) is 0 Å². The Morgan fingerprint density at radius 2 is 1.67 bits per heavy atom. The summed E-state index contributed by atoms with van der Waals surface area (Å²) in [6, 6.07) is 6.72. The Morgan fingerprint density at radius 1 is 0.952 bits per heavy atom. The summed E-state index contributed by atoms with van der Waals surface area (Å²) in [6.45, 7) is 0. The Kier molecular flexibility index (Phi) is 3.03. The van der Waals surface area contributed by atoms with Crippen LogP contribution in [-0.2, 0) is 4.84 Å². The number of rotatable bonds is 3. The summed E-state index contributed by atoms with van der Waals surface area (Å²) < 4.78 is 10.6. The van der Waals surface area contributed by atoms with Gasteiger partial charge in [-0.05, 0) is 12.1 Å². The summed E-state index contributed by atoms with van der Waals surface area (Å²) in [6.07, 6.45) is 0. The predicted molar refractivity (Wildman–Crippen MR) is 74.6 cm³/mol. The van der Waals surface area contributed by atoms with Crippen molar-refractivity contribution in [1.82, 2.24) is 5.06 Å². The second-order valence-electron chi connectivity index (χ2n) is 4.48. The van der Waals surface area contributed by atoms with Crippen molar-refractivity contribution in [3.05, 3.63) is 35.4 Å². The first-order chi connectivity index (χ1) is 10.1. The molecular weight excluding hydrogens is 274 g/mol. The number of ether oxygens (including phenoxy) is 2. The van der Waals surface area contributed by atoms with Gasteiger partial charge < -0.3 is 9.47 Å². The number of amides is 2. The Hall–Kier alpha value is -2.60. The van der Waals surface area contributed by atoms with E-state index < -0.39 is 11.8 Å². The third-order valence-electron chi connectivity index (χ3n) is 3.51. The zero-order valence-electron chi connectivity index (χ0n) is 11.8. The number of carbonyl (C=O) groups is 2. The largest absolute Gasteiger partial charge is 0.493 e. The van der Waals surface area contributed by atoms with Crippen LogP contribution >= 0.6 is 0 Å². The average Bonchev–Trinajstić information content (AvgIpc) is 2.51. The molecule has 21 heavy (non-hydrogen) atoms. The Balaban J connectivity index is 2.46. The number of carbonyl (C=O) groups excluding carboxylic acids is 2. The van der Waals surface area contributed by atoms with E-state index in [9.17, 15) is 9.59 Å². The fourth-order valence-corrected chi connectivity index (χ4v) is 2.62. The summed E-state index contributed by atoms with van der Waals surface area (Å²) >= 11 is 0. The van der Waals surface area contributed by atoms with Crippen molar-refractivity contribution in [3.8, 4) is 11.5 Å². The zero-order valence-corrected chi connectivity index (χ0v) is 11.8. The lowest BCUT2D eigenvalue weighted by molar-refractivity contribution is -0.0689. The van der Waals surface area contributed by atoms with Gasteiger partial charge in [0, 0.05) is 10.8 Å². The molecule has 0 saturated carbocycles. The van der Waals surface area contributed by atoms with E-state index in [1.807, 2.05) is 0 Å². The maximum atomic E-state index is 12.4. The molecular formula is C15H13NO5. The molecule has 3 rings (SSSR count). The summed E-state index contributed by atoms with van der Waals surface area (Å²) in [5.74, 6) is -0.0968. The molecule has 2 aromatic rings. The minimum Gasteiger partial charge on any atom is -0.493 e. The highest BCUT2D eigenvalue weighted by atomic mass is 16.7. The van der Waals surface area contributed by atoms with Crippen molar-refractivity contribution in [2.75, 3.05) is 21.3 Å². The van der Waals surface area contributed by atoms with Crippen molar-refractivity contribution >= 4 is 22.6 Å². The van der Waals surface area contributed by atoms with Gasteiger partial charge in [0.15, 0.2) is 11.5 Å². The average molecular weight is 287 g/mol. The van der Waals surface area contributed by atoms with Gasteiger partial charge in [-0.15, -0.1) is 5.06 Å². The molecule has 0 N–H and O–H groups in total. The molecule has 0 fully saturated rings. The highest BCUT2D eigenvalue weighted by molar-refractivity contribution is 6.26. The molecule has 6 nitrogen and oxygen atoms in total. The summed E-state index contributed by atoms with van der Waals surface area (Å²) in [5.41, 5.74) is 0.740. The second-order valence-corrected chi connectivity index (χ2v) is 4.48. The van der Waals surface area contributed by atoms with Crippen LogP contribution in [0.5, 0.6) is 11.5 Å². The maximum Gasteiger partial charge on any atom is 0.285 e. The number of hydrogen-bond acceptors (Lipinski definition) is 5. The molecule has 0 aromatic heterocycles. The van der Waals surface area contributed by atoms with Gasteiger partial charge in [0.05, 0.1) is 32.5 Å². The van der Waals surface area contributed by atoms with Crippen LogP contribution in [-0.4, -0.2) is 38.2 Å². The van der Waals surface area contributed by atoms with Crippen LogP contribution in [0, 0.1) is 0 Å². The van der Waals surface area contributed by atoms with Crippen LogP contribution in [0.15, 0.2) is 24.3 Å². The summed E-state index contributed by atoms with van der Waals surface area (Å²) in [7, 11) is 4.29. The first kappa shape index (κ1) is 13.4. The molecule has 0 spiro atoms. The molecule has 1 heterocycles. The molecule has 0 aliphatic carbocycles. The van der Waals surface area contributed by atoms with Crippen molar-refractivity contribution in [3.63, 3.8) is 0 Å². The smallest absolute Gasteiger partial charge is 0.285 e. The summed E-state index contributed by atoms with van der Waals surface area (Å²) in [4.78, 5) is 29.6. The number of nitrogens with zero attached hydrogens (tertiary/aromatic N) is 1. The number of methoxy groups -OCH3 is 2. The molecule has 1 aliphatic rings. The zero-order chi connectivity index (χ0) is 15.1. The van der Waals surface area contributed by atoms with Gasteiger partial charge in [-0.3, -0.25) is 14.4 Å². The molecule has 0 unspecified atom stereocenters. The standard InChI is InChI=1S/C15H13NO5/c1-19-11-7-10-12-8(13(11)20-2)5-4-6-9(12)14(17)16(21-3)15(10)18/h4-7H,1-3H3. The van der Waals surface area contributed by atoms with E-state index in [4.69, 9.17) is 14.3 Å². The molecule has 0 bridgehead atoms. The van der Waals surface area contributed by atoms with E-state index in [1.165, 1.54) is 21.3 Å². The SMILES string of the molecule is COc1cc2c3c(cccc3c1OC)C(=O)N(OC)C2=O. The molecule has 0 saturated heterocycles. The van der Waals surface area contributed by atoms with Gasteiger partial charge in [-0.1, -0.05) is 12.1 Å². The first-order valence-corrected chi connectivity index (χ1v) is 6.24. The van der Waals surface area contributed by atoms with Gasteiger partial charge >= 0.3 is 0 Å². The Morgan fingerprint density at radius 3 is 2.29 bits per heavy atom. The van der Waals surface area contributed by atoms with Gasteiger partial charge in [-0.25, -0.2) is 0 Å². The number of hydroxylamine groups is 2. The monoisotopic (exact) mass is 287 g/mol. The van der Waals surface area contributed by atoms with E-state index in [-0.39, 0.29) is 0 Å². The van der Waals surface area contributed by atoms with Gasteiger partial charge in [0.1, 0.15) is 0 Å². The molecule has 0 radical (unpaired) electrons. The fraction of sp³-hybridized carbons (Fsp3) is 0.200. The van der Waals surface area contributed by atoms with E-state index in [0.717, 1.165) is 5.06 Å². The minimum atomic E-state index is -0.521. The van der Waals surface area contributed by atoms with Crippen LogP contribution in [0.25, 0.3) is 10.8 Å². The highest BCUT2D eigenvalue weighted by Crippen LogP contribution is 2.41. The first-order valence-electron chi connectivity index (χ1n) is 6.24. The Bertz CT molecular complexity index is 768. The Labute approximate surface area is 120 Å². The molecule has 6 heteroatoms. The van der Waals surface area contributed by atoms with Gasteiger partial charge in [-0.2, -0.15) is 0 Å². The molecule has 2 amide bonds. The minimum absolute atomic E-state index is 0.347. The summed E-state index contributed by atoms with van der Waals surface area (Å²) in [5, 5.41) is 1.95. The van der Waals surface area contributed by atoms with Crippen LogP contribution in [0.2, 0.25) is 0 Å². The van der Waals surface area contributed by atoms with E-state index in [1.54, 1.807) is 24.3 Å². The van der Waals surface area contributed by atoms with Gasteiger partial charge in [0.2, 0.25) is 0 Å². The third-order valence-corrected chi connectivity index (χ3v) is 3.51. The van der Waals surface area contributed by atoms with Crippen molar-refractivity contribution < 1.29 is 23.9 Å². The normalized spacial score (nSPS) is 13.8.